The van der Waals surface area contributed by atoms with Crippen molar-refractivity contribution >= 4 is 32.2 Å². The van der Waals surface area contributed by atoms with Crippen LogP contribution < -0.4 is 4.72 Å². The van der Waals surface area contributed by atoms with E-state index in [9.17, 15) is 39.2 Å². The second-order valence-electron chi connectivity index (χ2n) is 8.53. The van der Waals surface area contributed by atoms with Gasteiger partial charge in [-0.3, -0.25) is 20.2 Å². The molecule has 14 heteroatoms. The predicted molar refractivity (Wildman–Crippen MR) is 139 cm³/mol. The topological polar surface area (TPSA) is 187 Å². The largest absolute Gasteiger partial charge is 0.353 e. The maximum Gasteiger partial charge on any atom is 0.296 e. The molecule has 3 aromatic carbocycles. The summed E-state index contributed by atoms with van der Waals surface area (Å²) in [5.74, 6) is 0.369. The maximum atomic E-state index is 12.8. The highest BCUT2D eigenvalue weighted by Crippen LogP contribution is 2.29. The van der Waals surface area contributed by atoms with Crippen LogP contribution in [-0.4, -0.2) is 54.2 Å². The fraction of sp³-hybridized carbons (Fsp3) is 0.200. The molecule has 1 saturated heterocycles. The van der Waals surface area contributed by atoms with E-state index in [2.05, 4.69) is 4.72 Å². The second-order valence-corrected chi connectivity index (χ2v) is 10.3. The van der Waals surface area contributed by atoms with Crippen LogP contribution in [0.1, 0.15) is 5.56 Å². The van der Waals surface area contributed by atoms with Crippen LogP contribution in [0, 0.1) is 42.9 Å². The number of nitriles is 2. The number of hydrogen-bond donors (Lipinski definition) is 1. The Balaban J connectivity index is 1.53. The van der Waals surface area contributed by atoms with Gasteiger partial charge in [0.2, 0.25) is 10.0 Å². The monoisotopic (exact) mass is 547 g/mol. The minimum Gasteiger partial charge on any atom is -0.353 e. The van der Waals surface area contributed by atoms with Gasteiger partial charge in [0, 0.05) is 38.8 Å². The molecule has 0 radical (unpaired) electrons. The highest BCUT2D eigenvalue weighted by atomic mass is 32.2. The average Bonchev–Trinajstić information content (AvgIpc) is 3.31. The molecule has 13 nitrogen and oxygen atoms in total. The lowest BCUT2D eigenvalue weighted by Crippen LogP contribution is -2.34. The summed E-state index contributed by atoms with van der Waals surface area (Å²) in [6, 6.07) is 19.8. The number of allylic oxidation sites excluding steroid dienone is 1. The third-order valence-corrected chi connectivity index (χ3v) is 7.75. The highest BCUT2D eigenvalue weighted by Gasteiger charge is 2.31. The first-order valence-corrected chi connectivity index (χ1v) is 13.1. The summed E-state index contributed by atoms with van der Waals surface area (Å²) >= 11 is 0. The SMILES string of the molecule is N#CC(C#N)=C1N(CCNS(=O)(=O)c2ccc([N+](=O)[O-])cc2[N+](=O)[O-])CCN1Cc1cccc2ccccc12. The molecule has 0 saturated carbocycles. The Morgan fingerprint density at radius 3 is 2.33 bits per heavy atom. The Labute approximate surface area is 223 Å². The number of fused-ring (bicyclic) bond motifs is 1. The van der Waals surface area contributed by atoms with Gasteiger partial charge >= 0.3 is 0 Å². The van der Waals surface area contributed by atoms with E-state index in [4.69, 9.17) is 0 Å². The zero-order chi connectivity index (χ0) is 28.2. The van der Waals surface area contributed by atoms with Crippen LogP contribution in [-0.2, 0) is 16.6 Å². The summed E-state index contributed by atoms with van der Waals surface area (Å²) in [4.78, 5) is 23.4. The van der Waals surface area contributed by atoms with Gasteiger partial charge < -0.3 is 9.80 Å². The van der Waals surface area contributed by atoms with Crippen molar-refractivity contribution in [2.45, 2.75) is 11.4 Å². The molecule has 0 amide bonds. The lowest BCUT2D eigenvalue weighted by atomic mass is 10.0. The number of nitro benzene ring substituents is 2. The van der Waals surface area contributed by atoms with Crippen molar-refractivity contribution in [2.75, 3.05) is 26.2 Å². The molecule has 1 fully saturated rings. The quantitative estimate of drug-likeness (QED) is 0.237. The molecule has 0 bridgehead atoms. The number of sulfonamides is 1. The Kier molecular flexibility index (Phi) is 7.71. The minimum atomic E-state index is -4.41. The van der Waals surface area contributed by atoms with Crippen molar-refractivity contribution in [3.05, 3.63) is 97.8 Å². The van der Waals surface area contributed by atoms with Gasteiger partial charge in [0.1, 0.15) is 18.0 Å². The van der Waals surface area contributed by atoms with Gasteiger partial charge in [0.05, 0.1) is 15.9 Å². The second kappa shape index (κ2) is 11.1. The number of hydrogen-bond acceptors (Lipinski definition) is 10. The molecule has 39 heavy (non-hydrogen) atoms. The van der Waals surface area contributed by atoms with E-state index < -0.39 is 36.1 Å². The number of rotatable bonds is 9. The Morgan fingerprint density at radius 1 is 0.949 bits per heavy atom. The fourth-order valence-electron chi connectivity index (χ4n) is 4.48. The summed E-state index contributed by atoms with van der Waals surface area (Å²) in [7, 11) is -4.41. The summed E-state index contributed by atoms with van der Waals surface area (Å²) < 4.78 is 28.0. The van der Waals surface area contributed by atoms with Crippen LogP contribution in [0.4, 0.5) is 11.4 Å². The van der Waals surface area contributed by atoms with Crippen molar-refractivity contribution in [3.63, 3.8) is 0 Å². The van der Waals surface area contributed by atoms with E-state index in [0.29, 0.717) is 31.5 Å². The molecule has 3 aromatic rings. The number of nitrogens with zero attached hydrogens (tertiary/aromatic N) is 6. The molecule has 0 aliphatic carbocycles. The van der Waals surface area contributed by atoms with E-state index in [1.54, 1.807) is 4.90 Å². The molecule has 1 heterocycles. The third-order valence-electron chi connectivity index (χ3n) is 6.24. The van der Waals surface area contributed by atoms with Crippen molar-refractivity contribution in [3.8, 4) is 12.1 Å². The van der Waals surface area contributed by atoms with E-state index in [0.717, 1.165) is 28.5 Å². The van der Waals surface area contributed by atoms with Gasteiger partial charge in [-0.05, 0) is 22.4 Å². The lowest BCUT2D eigenvalue weighted by Gasteiger charge is -2.25. The maximum absolute atomic E-state index is 12.8. The summed E-state index contributed by atoms with van der Waals surface area (Å²) in [5, 5.41) is 43.6. The first-order chi connectivity index (χ1) is 18.7. The van der Waals surface area contributed by atoms with Crippen molar-refractivity contribution in [1.29, 1.82) is 10.5 Å². The van der Waals surface area contributed by atoms with Gasteiger partial charge in [-0.25, -0.2) is 13.1 Å². The number of nitro groups is 2. The van der Waals surface area contributed by atoms with Crippen LogP contribution in [0.3, 0.4) is 0 Å². The van der Waals surface area contributed by atoms with E-state index in [1.807, 2.05) is 59.5 Å². The lowest BCUT2D eigenvalue weighted by molar-refractivity contribution is -0.396. The predicted octanol–water partition coefficient (Wildman–Crippen LogP) is 3.01. The van der Waals surface area contributed by atoms with Crippen molar-refractivity contribution in [1.82, 2.24) is 14.5 Å². The molecule has 0 spiro atoms. The smallest absolute Gasteiger partial charge is 0.296 e. The molecular formula is C25H21N7O6S. The molecule has 1 aliphatic heterocycles. The number of benzene rings is 3. The summed E-state index contributed by atoms with van der Waals surface area (Å²) in [5.41, 5.74) is -0.661. The Morgan fingerprint density at radius 2 is 1.64 bits per heavy atom. The standard InChI is InChI=1S/C25H21N7O6S/c26-15-20(16-27)25-29(12-13-30(25)17-19-6-3-5-18-4-1-2-7-22(18)19)11-10-28-39(37,38)24-9-8-21(31(33)34)14-23(24)32(35)36/h1-9,14,28H,10-13,17H2. The molecule has 0 unspecified atom stereocenters. The average molecular weight is 548 g/mol. The van der Waals surface area contributed by atoms with Crippen molar-refractivity contribution in [2.24, 2.45) is 0 Å². The van der Waals surface area contributed by atoms with E-state index in [-0.39, 0.29) is 18.7 Å². The fourth-order valence-corrected chi connectivity index (χ4v) is 5.66. The number of nitrogens with one attached hydrogen (secondary N) is 1. The van der Waals surface area contributed by atoms with Crippen LogP contribution in [0.25, 0.3) is 10.8 Å². The van der Waals surface area contributed by atoms with Crippen molar-refractivity contribution < 1.29 is 18.3 Å². The third kappa shape index (κ3) is 5.62. The molecule has 0 atom stereocenters. The number of non-ortho nitro benzene ring substituents is 1. The minimum absolute atomic E-state index is 0.0637. The van der Waals surface area contributed by atoms with Crippen LogP contribution in [0.15, 0.2) is 77.0 Å². The Hall–Kier alpha value is -5.05. The van der Waals surface area contributed by atoms with Crippen LogP contribution in [0.2, 0.25) is 0 Å². The van der Waals surface area contributed by atoms with E-state index >= 15 is 0 Å². The van der Waals surface area contributed by atoms with Gasteiger partial charge in [0.25, 0.3) is 11.4 Å². The van der Waals surface area contributed by atoms with Gasteiger partial charge in [-0.1, -0.05) is 42.5 Å². The van der Waals surface area contributed by atoms with Gasteiger partial charge in [0.15, 0.2) is 10.5 Å². The van der Waals surface area contributed by atoms with Crippen LogP contribution >= 0.6 is 0 Å². The summed E-state index contributed by atoms with van der Waals surface area (Å²) in [6.45, 7) is 1.17. The first kappa shape index (κ1) is 27.0. The molecule has 198 valence electrons. The zero-order valence-electron chi connectivity index (χ0n) is 20.4. The van der Waals surface area contributed by atoms with Crippen LogP contribution in [0.5, 0.6) is 0 Å². The molecule has 4 rings (SSSR count). The zero-order valence-corrected chi connectivity index (χ0v) is 21.2. The first-order valence-electron chi connectivity index (χ1n) is 11.6. The summed E-state index contributed by atoms with van der Waals surface area (Å²) in [6.07, 6.45) is 0. The normalized spacial score (nSPS) is 13.2. The molecule has 1 aliphatic rings. The van der Waals surface area contributed by atoms with Gasteiger partial charge in [-0.15, -0.1) is 0 Å². The molecule has 0 aromatic heterocycles. The highest BCUT2D eigenvalue weighted by molar-refractivity contribution is 7.89. The molecule has 1 N–H and O–H groups in total. The van der Waals surface area contributed by atoms with E-state index in [1.165, 1.54) is 0 Å². The molecular weight excluding hydrogens is 526 g/mol. The Bertz CT molecular complexity index is 1670. The van der Waals surface area contributed by atoms with Gasteiger partial charge in [-0.2, -0.15) is 10.5 Å².